The van der Waals surface area contributed by atoms with Crippen molar-refractivity contribution >= 4 is 44.7 Å². The highest BCUT2D eigenvalue weighted by Gasteiger charge is 2.21. The van der Waals surface area contributed by atoms with Crippen LogP contribution in [0, 0.1) is 20.8 Å². The van der Waals surface area contributed by atoms with E-state index in [-0.39, 0.29) is 11.8 Å². The molecule has 2 aromatic heterocycles. The third-order valence-electron chi connectivity index (χ3n) is 5.03. The molecule has 0 bridgehead atoms. The van der Waals surface area contributed by atoms with E-state index in [1.54, 1.807) is 4.90 Å². The standard InChI is InChI=1S/C21H22N4O2S/c1-12-18-13(2)22-14(3)23-21(18)28-19(12)20(27)24-15-7-6-8-16(11-15)25-10-5-4-9-17(25)26/h6-8,11H,4-5,9-10H2,1-3H3,(H,24,27). The van der Waals surface area contributed by atoms with Gasteiger partial charge in [0.1, 0.15) is 10.7 Å². The number of benzene rings is 1. The first-order chi connectivity index (χ1) is 13.4. The van der Waals surface area contributed by atoms with Gasteiger partial charge in [0, 0.05) is 35.4 Å². The number of hydrogen-bond acceptors (Lipinski definition) is 5. The van der Waals surface area contributed by atoms with E-state index in [4.69, 9.17) is 0 Å². The maximum atomic E-state index is 12.9. The fourth-order valence-electron chi connectivity index (χ4n) is 3.71. The van der Waals surface area contributed by atoms with E-state index in [0.29, 0.717) is 22.8 Å². The Morgan fingerprint density at radius 2 is 2.00 bits per heavy atom. The lowest BCUT2D eigenvalue weighted by atomic mass is 10.1. The second-order valence-electron chi connectivity index (χ2n) is 7.10. The summed E-state index contributed by atoms with van der Waals surface area (Å²) in [6, 6.07) is 7.47. The van der Waals surface area contributed by atoms with Gasteiger partial charge in [-0.2, -0.15) is 0 Å². The number of nitrogens with zero attached hydrogens (tertiary/aromatic N) is 3. The minimum absolute atomic E-state index is 0.138. The van der Waals surface area contributed by atoms with Crippen LogP contribution in [0.15, 0.2) is 24.3 Å². The first kappa shape index (κ1) is 18.6. The molecule has 1 aliphatic rings. The Kier molecular flexibility index (Phi) is 4.85. The van der Waals surface area contributed by atoms with Crippen LogP contribution in [0.4, 0.5) is 11.4 Å². The molecule has 2 amide bonds. The number of anilines is 2. The Bertz CT molecular complexity index is 1090. The van der Waals surface area contributed by atoms with E-state index >= 15 is 0 Å². The van der Waals surface area contributed by atoms with Gasteiger partial charge in [-0.05, 0) is 57.4 Å². The molecular formula is C21H22N4O2S. The van der Waals surface area contributed by atoms with E-state index in [0.717, 1.165) is 46.5 Å². The molecular weight excluding hydrogens is 372 g/mol. The van der Waals surface area contributed by atoms with Crippen molar-refractivity contribution in [3.05, 3.63) is 46.2 Å². The van der Waals surface area contributed by atoms with Crippen LogP contribution in [-0.4, -0.2) is 28.3 Å². The van der Waals surface area contributed by atoms with Crippen molar-refractivity contribution in [3.63, 3.8) is 0 Å². The van der Waals surface area contributed by atoms with Crippen LogP contribution in [0.3, 0.4) is 0 Å². The quantitative estimate of drug-likeness (QED) is 0.715. The van der Waals surface area contributed by atoms with E-state index < -0.39 is 0 Å². The zero-order valence-electron chi connectivity index (χ0n) is 16.2. The second-order valence-corrected chi connectivity index (χ2v) is 8.10. The molecule has 1 fully saturated rings. The van der Waals surface area contributed by atoms with Crippen molar-refractivity contribution in [1.29, 1.82) is 0 Å². The first-order valence-corrected chi connectivity index (χ1v) is 10.2. The van der Waals surface area contributed by atoms with E-state index in [2.05, 4.69) is 15.3 Å². The molecule has 144 valence electrons. The van der Waals surface area contributed by atoms with Gasteiger partial charge < -0.3 is 10.2 Å². The third kappa shape index (κ3) is 3.38. The zero-order chi connectivity index (χ0) is 19.8. The lowest BCUT2D eigenvalue weighted by Crippen LogP contribution is -2.35. The summed E-state index contributed by atoms with van der Waals surface area (Å²) in [5.74, 6) is 0.677. The Morgan fingerprint density at radius 3 is 2.79 bits per heavy atom. The Hall–Kier alpha value is -2.80. The Balaban J connectivity index is 1.61. The number of thiophene rings is 1. The Labute approximate surface area is 167 Å². The van der Waals surface area contributed by atoms with Crippen LogP contribution < -0.4 is 10.2 Å². The summed E-state index contributed by atoms with van der Waals surface area (Å²) >= 11 is 1.38. The zero-order valence-corrected chi connectivity index (χ0v) is 17.0. The van der Waals surface area contributed by atoms with Crippen LogP contribution in [0.1, 0.15) is 46.0 Å². The molecule has 0 spiro atoms. The van der Waals surface area contributed by atoms with Gasteiger partial charge in [-0.15, -0.1) is 11.3 Å². The van der Waals surface area contributed by atoms with E-state index in [1.807, 2.05) is 45.0 Å². The molecule has 0 radical (unpaired) electrons. The number of amides is 2. The van der Waals surface area contributed by atoms with Gasteiger partial charge in [0.15, 0.2) is 0 Å². The van der Waals surface area contributed by atoms with E-state index in [1.165, 1.54) is 11.3 Å². The van der Waals surface area contributed by atoms with Crippen LogP contribution in [0.25, 0.3) is 10.2 Å². The lowest BCUT2D eigenvalue weighted by Gasteiger charge is -2.27. The molecule has 28 heavy (non-hydrogen) atoms. The highest BCUT2D eigenvalue weighted by atomic mass is 32.1. The molecule has 1 N–H and O–H groups in total. The minimum Gasteiger partial charge on any atom is -0.321 e. The summed E-state index contributed by atoms with van der Waals surface area (Å²) in [6.45, 7) is 6.46. The van der Waals surface area contributed by atoms with Crippen LogP contribution in [-0.2, 0) is 4.79 Å². The molecule has 0 aliphatic carbocycles. The molecule has 3 heterocycles. The minimum atomic E-state index is -0.167. The molecule has 0 atom stereocenters. The largest absolute Gasteiger partial charge is 0.321 e. The molecule has 1 saturated heterocycles. The van der Waals surface area contributed by atoms with Gasteiger partial charge >= 0.3 is 0 Å². The van der Waals surface area contributed by atoms with Gasteiger partial charge in [-0.1, -0.05) is 6.07 Å². The van der Waals surface area contributed by atoms with Gasteiger partial charge in [-0.25, -0.2) is 9.97 Å². The fourth-order valence-corrected chi connectivity index (χ4v) is 4.88. The molecule has 7 heteroatoms. The molecule has 3 aromatic rings. The van der Waals surface area contributed by atoms with E-state index in [9.17, 15) is 9.59 Å². The summed E-state index contributed by atoms with van der Waals surface area (Å²) in [4.78, 5) is 37.3. The topological polar surface area (TPSA) is 75.2 Å². The smallest absolute Gasteiger partial charge is 0.266 e. The highest BCUT2D eigenvalue weighted by Crippen LogP contribution is 2.32. The van der Waals surface area contributed by atoms with Crippen LogP contribution in [0.5, 0.6) is 0 Å². The number of aryl methyl sites for hydroxylation is 3. The van der Waals surface area contributed by atoms with Gasteiger partial charge in [0.05, 0.1) is 4.88 Å². The third-order valence-corrected chi connectivity index (χ3v) is 6.21. The lowest BCUT2D eigenvalue weighted by molar-refractivity contribution is -0.119. The maximum absolute atomic E-state index is 12.9. The molecule has 6 nitrogen and oxygen atoms in total. The molecule has 1 aliphatic heterocycles. The maximum Gasteiger partial charge on any atom is 0.266 e. The van der Waals surface area contributed by atoms with Crippen molar-refractivity contribution in [2.45, 2.75) is 40.0 Å². The number of rotatable bonds is 3. The monoisotopic (exact) mass is 394 g/mol. The van der Waals surface area contributed by atoms with Gasteiger partial charge in [0.2, 0.25) is 5.91 Å². The molecule has 1 aromatic carbocycles. The predicted octanol–water partition coefficient (Wildman–Crippen LogP) is 4.39. The molecule has 4 rings (SSSR count). The summed E-state index contributed by atoms with van der Waals surface area (Å²) in [7, 11) is 0. The van der Waals surface area contributed by atoms with Gasteiger partial charge in [0.25, 0.3) is 5.91 Å². The average Bonchev–Trinajstić information content (AvgIpc) is 2.99. The Morgan fingerprint density at radius 1 is 1.18 bits per heavy atom. The highest BCUT2D eigenvalue weighted by molar-refractivity contribution is 7.20. The summed E-state index contributed by atoms with van der Waals surface area (Å²) in [5, 5.41) is 3.93. The number of nitrogens with one attached hydrogen (secondary N) is 1. The number of carbonyl (C=O) groups is 2. The van der Waals surface area contributed by atoms with Crippen molar-refractivity contribution in [2.24, 2.45) is 0 Å². The first-order valence-electron chi connectivity index (χ1n) is 9.40. The number of hydrogen-bond donors (Lipinski definition) is 1. The summed E-state index contributed by atoms with van der Waals surface area (Å²) in [5.41, 5.74) is 3.29. The number of piperidine rings is 1. The second kappa shape index (κ2) is 7.31. The predicted molar refractivity (Wildman–Crippen MR) is 112 cm³/mol. The summed E-state index contributed by atoms with van der Waals surface area (Å²) in [6.07, 6.45) is 2.53. The van der Waals surface area contributed by atoms with Crippen molar-refractivity contribution in [3.8, 4) is 0 Å². The van der Waals surface area contributed by atoms with Crippen LogP contribution in [0.2, 0.25) is 0 Å². The van der Waals surface area contributed by atoms with Gasteiger partial charge in [-0.3, -0.25) is 9.59 Å². The normalized spacial score (nSPS) is 14.5. The number of aromatic nitrogens is 2. The summed E-state index contributed by atoms with van der Waals surface area (Å²) < 4.78 is 0. The number of fused-ring (bicyclic) bond motifs is 1. The molecule has 0 saturated carbocycles. The SMILES string of the molecule is Cc1nc(C)c2c(C)c(C(=O)Nc3cccc(N4CCCCC4=O)c3)sc2n1. The molecule has 0 unspecified atom stereocenters. The van der Waals surface area contributed by atoms with Crippen molar-refractivity contribution < 1.29 is 9.59 Å². The van der Waals surface area contributed by atoms with Crippen molar-refractivity contribution in [2.75, 3.05) is 16.8 Å². The van der Waals surface area contributed by atoms with Crippen molar-refractivity contribution in [1.82, 2.24) is 9.97 Å². The fraction of sp³-hybridized carbons (Fsp3) is 0.333. The average molecular weight is 395 g/mol. The van der Waals surface area contributed by atoms with Crippen LogP contribution >= 0.6 is 11.3 Å². The number of carbonyl (C=O) groups excluding carboxylic acids is 2.